The largest absolute Gasteiger partial charge is 0.327 e. The standard InChI is InChI=1S/C21H26FN3OS/c1-5-13(2)10-17-14(3)27-21-19(17)20(26)23-18(24-21)12-25(4)11-15-6-8-16(22)9-7-15/h6-9,13H,5,10-12H2,1-4H3,(H,23,24,26)/p+1/t13-/m1/s1. The maximum Gasteiger partial charge on any atom is 0.260 e. The minimum atomic E-state index is -0.228. The molecule has 2 aromatic heterocycles. The van der Waals surface area contributed by atoms with Crippen molar-refractivity contribution in [2.24, 2.45) is 5.92 Å². The van der Waals surface area contributed by atoms with E-state index in [1.165, 1.54) is 21.9 Å². The van der Waals surface area contributed by atoms with E-state index in [2.05, 4.69) is 25.8 Å². The summed E-state index contributed by atoms with van der Waals surface area (Å²) in [6.07, 6.45) is 2.01. The SMILES string of the molecule is CC[C@@H](C)Cc1c(C)sc2nc(C[NH+](C)Cc3ccc(F)cc3)[nH]c(=O)c12. The fourth-order valence-corrected chi connectivity index (χ4v) is 4.41. The van der Waals surface area contributed by atoms with E-state index in [9.17, 15) is 9.18 Å². The quantitative estimate of drug-likeness (QED) is 0.653. The molecule has 27 heavy (non-hydrogen) atoms. The molecule has 6 heteroatoms. The summed E-state index contributed by atoms with van der Waals surface area (Å²) in [4.78, 5) is 23.6. The molecule has 144 valence electrons. The number of thiophene rings is 1. The third-order valence-electron chi connectivity index (χ3n) is 5.05. The number of aryl methyl sites for hydroxylation is 1. The van der Waals surface area contributed by atoms with Crippen molar-refractivity contribution in [1.82, 2.24) is 9.97 Å². The molecule has 0 saturated carbocycles. The zero-order valence-corrected chi connectivity index (χ0v) is 17.2. The summed E-state index contributed by atoms with van der Waals surface area (Å²) < 4.78 is 13.0. The summed E-state index contributed by atoms with van der Waals surface area (Å²) in [5.74, 6) is 1.02. The van der Waals surface area contributed by atoms with Gasteiger partial charge in [0.05, 0.1) is 12.4 Å². The van der Waals surface area contributed by atoms with Crippen LogP contribution in [0.15, 0.2) is 29.1 Å². The van der Waals surface area contributed by atoms with Crippen LogP contribution in [-0.4, -0.2) is 17.0 Å². The van der Waals surface area contributed by atoms with Crippen molar-refractivity contribution in [1.29, 1.82) is 0 Å². The van der Waals surface area contributed by atoms with Crippen LogP contribution in [0.5, 0.6) is 0 Å². The van der Waals surface area contributed by atoms with Crippen LogP contribution in [0.1, 0.15) is 42.1 Å². The molecule has 1 aromatic carbocycles. The Morgan fingerprint density at radius 2 is 1.96 bits per heavy atom. The molecule has 0 radical (unpaired) electrons. The van der Waals surface area contributed by atoms with E-state index >= 15 is 0 Å². The molecule has 0 amide bonds. The summed E-state index contributed by atoms with van der Waals surface area (Å²) in [5, 5.41) is 0.762. The number of fused-ring (bicyclic) bond motifs is 1. The third kappa shape index (κ3) is 4.62. The van der Waals surface area contributed by atoms with E-state index in [1.807, 2.05) is 7.05 Å². The van der Waals surface area contributed by atoms with E-state index in [4.69, 9.17) is 4.98 Å². The van der Waals surface area contributed by atoms with Crippen molar-refractivity contribution < 1.29 is 9.29 Å². The van der Waals surface area contributed by atoms with Crippen LogP contribution < -0.4 is 10.5 Å². The first-order valence-corrected chi connectivity index (χ1v) is 10.3. The number of benzene rings is 1. The smallest absolute Gasteiger partial charge is 0.260 e. The number of H-pyrrole nitrogens is 1. The number of aromatic nitrogens is 2. The number of nitrogens with one attached hydrogen (secondary N) is 2. The summed E-state index contributed by atoms with van der Waals surface area (Å²) in [5.41, 5.74) is 2.17. The fraction of sp³-hybridized carbons (Fsp3) is 0.429. The summed E-state index contributed by atoms with van der Waals surface area (Å²) in [6.45, 7) is 7.82. The van der Waals surface area contributed by atoms with Gasteiger partial charge in [-0.1, -0.05) is 32.4 Å². The molecule has 0 saturated heterocycles. The van der Waals surface area contributed by atoms with Gasteiger partial charge in [0.15, 0.2) is 5.82 Å². The molecule has 2 atom stereocenters. The van der Waals surface area contributed by atoms with Crippen LogP contribution >= 0.6 is 11.3 Å². The summed E-state index contributed by atoms with van der Waals surface area (Å²) in [6, 6.07) is 6.54. The van der Waals surface area contributed by atoms with Gasteiger partial charge in [0, 0.05) is 10.4 Å². The Balaban J connectivity index is 1.81. The van der Waals surface area contributed by atoms with Crippen LogP contribution in [-0.2, 0) is 19.5 Å². The Labute approximate surface area is 163 Å². The van der Waals surface area contributed by atoms with Crippen molar-refractivity contribution in [2.45, 2.75) is 46.7 Å². The zero-order chi connectivity index (χ0) is 19.6. The number of quaternary nitrogens is 1. The molecule has 0 aliphatic heterocycles. The molecule has 4 nitrogen and oxygen atoms in total. The molecular formula is C21H27FN3OS+. The number of halogens is 1. The van der Waals surface area contributed by atoms with Gasteiger partial charge in [-0.15, -0.1) is 11.3 Å². The number of hydrogen-bond donors (Lipinski definition) is 2. The van der Waals surface area contributed by atoms with Gasteiger partial charge in [0.1, 0.15) is 23.7 Å². The highest BCUT2D eigenvalue weighted by Gasteiger charge is 2.18. The van der Waals surface area contributed by atoms with Crippen molar-refractivity contribution in [3.05, 3.63) is 62.3 Å². The molecule has 0 aliphatic rings. The maximum atomic E-state index is 13.0. The molecule has 0 bridgehead atoms. The lowest BCUT2D eigenvalue weighted by atomic mass is 9.98. The minimum absolute atomic E-state index is 0.0350. The zero-order valence-electron chi connectivity index (χ0n) is 16.4. The topological polar surface area (TPSA) is 50.2 Å². The van der Waals surface area contributed by atoms with Crippen molar-refractivity contribution in [3.63, 3.8) is 0 Å². The molecule has 3 rings (SSSR count). The van der Waals surface area contributed by atoms with Gasteiger partial charge in [-0.2, -0.15) is 0 Å². The monoisotopic (exact) mass is 388 g/mol. The number of aromatic amines is 1. The van der Waals surface area contributed by atoms with E-state index in [-0.39, 0.29) is 11.4 Å². The van der Waals surface area contributed by atoms with Crippen LogP contribution in [0.2, 0.25) is 0 Å². The Morgan fingerprint density at radius 1 is 1.26 bits per heavy atom. The van der Waals surface area contributed by atoms with Crippen LogP contribution in [0.4, 0.5) is 4.39 Å². The molecule has 3 aromatic rings. The van der Waals surface area contributed by atoms with Crippen molar-refractivity contribution in [2.75, 3.05) is 7.05 Å². The third-order valence-corrected chi connectivity index (χ3v) is 6.09. The predicted octanol–water partition coefficient (Wildman–Crippen LogP) is 3.24. The van der Waals surface area contributed by atoms with Crippen molar-refractivity contribution in [3.8, 4) is 0 Å². The first-order valence-electron chi connectivity index (χ1n) is 9.44. The molecule has 2 heterocycles. The average molecular weight is 389 g/mol. The van der Waals surface area contributed by atoms with Crippen LogP contribution in [0.25, 0.3) is 10.2 Å². The number of rotatable bonds is 7. The second-order valence-corrected chi connectivity index (χ2v) is 8.69. The van der Waals surface area contributed by atoms with Gasteiger partial charge >= 0.3 is 0 Å². The molecular weight excluding hydrogens is 361 g/mol. The van der Waals surface area contributed by atoms with E-state index in [1.54, 1.807) is 23.5 Å². The lowest BCUT2D eigenvalue weighted by Gasteiger charge is -2.13. The van der Waals surface area contributed by atoms with E-state index < -0.39 is 0 Å². The Morgan fingerprint density at radius 3 is 2.63 bits per heavy atom. The fourth-order valence-electron chi connectivity index (χ4n) is 3.34. The van der Waals surface area contributed by atoms with E-state index in [0.717, 1.165) is 40.7 Å². The second kappa shape index (κ2) is 8.31. The maximum absolute atomic E-state index is 13.0. The van der Waals surface area contributed by atoms with Crippen LogP contribution in [0.3, 0.4) is 0 Å². The van der Waals surface area contributed by atoms with Gasteiger partial charge in [0.25, 0.3) is 5.56 Å². The highest BCUT2D eigenvalue weighted by atomic mass is 32.1. The second-order valence-electron chi connectivity index (χ2n) is 7.48. The predicted molar refractivity (Wildman–Crippen MR) is 109 cm³/mol. The molecule has 0 spiro atoms. The van der Waals surface area contributed by atoms with Gasteiger partial charge in [-0.3, -0.25) is 4.79 Å². The van der Waals surface area contributed by atoms with E-state index in [0.29, 0.717) is 18.3 Å². The molecule has 2 N–H and O–H groups in total. The van der Waals surface area contributed by atoms with Crippen LogP contribution in [0, 0.1) is 18.7 Å². The molecule has 0 aliphatic carbocycles. The Hall–Kier alpha value is -2.05. The highest BCUT2D eigenvalue weighted by molar-refractivity contribution is 7.18. The summed E-state index contributed by atoms with van der Waals surface area (Å²) >= 11 is 1.61. The Kier molecular flexibility index (Phi) is 6.07. The summed E-state index contributed by atoms with van der Waals surface area (Å²) in [7, 11) is 2.04. The van der Waals surface area contributed by atoms with Gasteiger partial charge in [0.2, 0.25) is 0 Å². The first kappa shape index (κ1) is 19.7. The lowest BCUT2D eigenvalue weighted by Crippen LogP contribution is -3.06. The van der Waals surface area contributed by atoms with Gasteiger partial charge in [-0.25, -0.2) is 9.37 Å². The normalized spacial score (nSPS) is 13.8. The Bertz CT molecular complexity index is 977. The number of nitrogens with zero attached hydrogens (tertiary/aromatic N) is 1. The molecule has 1 unspecified atom stereocenters. The highest BCUT2D eigenvalue weighted by Crippen LogP contribution is 2.29. The lowest BCUT2D eigenvalue weighted by molar-refractivity contribution is -0.908. The van der Waals surface area contributed by atoms with Crippen molar-refractivity contribution >= 4 is 21.6 Å². The van der Waals surface area contributed by atoms with Gasteiger partial charge < -0.3 is 9.88 Å². The first-order chi connectivity index (χ1) is 12.9. The number of hydrogen-bond acceptors (Lipinski definition) is 3. The minimum Gasteiger partial charge on any atom is -0.327 e. The average Bonchev–Trinajstić information content (AvgIpc) is 2.92. The van der Waals surface area contributed by atoms with Gasteiger partial charge in [-0.05, 0) is 37.0 Å². The molecule has 0 fully saturated rings.